The summed E-state index contributed by atoms with van der Waals surface area (Å²) in [5.41, 5.74) is 0. The summed E-state index contributed by atoms with van der Waals surface area (Å²) in [6.45, 7) is 4.10. The van der Waals surface area contributed by atoms with Gasteiger partial charge < -0.3 is 9.73 Å². The predicted octanol–water partition coefficient (Wildman–Crippen LogP) is 2.23. The van der Waals surface area contributed by atoms with Crippen LogP contribution in [0.15, 0.2) is 21.9 Å². The summed E-state index contributed by atoms with van der Waals surface area (Å²) in [4.78, 5) is 3.31. The van der Waals surface area contributed by atoms with Crippen molar-refractivity contribution in [2.45, 2.75) is 19.4 Å². The van der Waals surface area contributed by atoms with Crippen molar-refractivity contribution in [3.63, 3.8) is 0 Å². The molecule has 2 aromatic rings. The van der Waals surface area contributed by atoms with Crippen molar-refractivity contribution in [1.29, 1.82) is 0 Å². The van der Waals surface area contributed by atoms with Crippen molar-refractivity contribution < 1.29 is 4.42 Å². The first-order valence-corrected chi connectivity index (χ1v) is 7.95. The molecule has 0 unspecified atom stereocenters. The summed E-state index contributed by atoms with van der Waals surface area (Å²) >= 11 is 1.62. The zero-order valence-electron chi connectivity index (χ0n) is 11.7. The molecule has 3 heterocycles. The highest BCUT2D eigenvalue weighted by Gasteiger charge is 2.17. The summed E-state index contributed by atoms with van der Waals surface area (Å²) in [5, 5.41) is 13.7. The van der Waals surface area contributed by atoms with Crippen LogP contribution in [0.25, 0.3) is 10.8 Å². The number of nitrogens with zero attached hydrogens (tertiary/aromatic N) is 3. The second kappa shape index (κ2) is 6.47. The molecule has 1 fully saturated rings. The maximum Gasteiger partial charge on any atom is 0.257 e. The van der Waals surface area contributed by atoms with E-state index in [9.17, 15) is 0 Å². The first-order chi connectivity index (χ1) is 9.81. The third kappa shape index (κ3) is 3.45. The van der Waals surface area contributed by atoms with Crippen LogP contribution in [0.5, 0.6) is 0 Å². The zero-order valence-corrected chi connectivity index (χ0v) is 12.5. The van der Waals surface area contributed by atoms with Gasteiger partial charge in [-0.15, -0.1) is 21.5 Å². The molecule has 0 bridgehead atoms. The SMILES string of the molecule is CN(Cc1nnc(-c2cccs2)o1)CC1CCNCC1. The molecule has 0 atom stereocenters. The Morgan fingerprint density at radius 1 is 1.40 bits per heavy atom. The Bertz CT molecular complexity index is 519. The largest absolute Gasteiger partial charge is 0.419 e. The molecule has 0 aliphatic carbocycles. The fourth-order valence-corrected chi connectivity index (χ4v) is 3.26. The van der Waals surface area contributed by atoms with E-state index >= 15 is 0 Å². The van der Waals surface area contributed by atoms with Gasteiger partial charge >= 0.3 is 0 Å². The van der Waals surface area contributed by atoms with E-state index in [1.165, 1.54) is 12.8 Å². The third-order valence-electron chi connectivity index (χ3n) is 3.63. The molecular weight excluding hydrogens is 272 g/mol. The molecule has 0 spiro atoms. The van der Waals surface area contributed by atoms with E-state index in [4.69, 9.17) is 4.42 Å². The van der Waals surface area contributed by atoms with Crippen LogP contribution >= 0.6 is 11.3 Å². The molecule has 0 radical (unpaired) electrons. The maximum absolute atomic E-state index is 5.72. The van der Waals surface area contributed by atoms with Gasteiger partial charge in [0, 0.05) is 6.54 Å². The highest BCUT2D eigenvalue weighted by atomic mass is 32.1. The van der Waals surface area contributed by atoms with E-state index in [0.717, 1.165) is 37.0 Å². The molecule has 108 valence electrons. The summed E-state index contributed by atoms with van der Waals surface area (Å²) in [7, 11) is 2.12. The van der Waals surface area contributed by atoms with Crippen LogP contribution in [-0.2, 0) is 6.54 Å². The molecule has 6 heteroatoms. The van der Waals surface area contributed by atoms with Gasteiger partial charge in [0.25, 0.3) is 5.89 Å². The molecule has 5 nitrogen and oxygen atoms in total. The molecule has 2 aromatic heterocycles. The molecule has 0 aromatic carbocycles. The molecule has 20 heavy (non-hydrogen) atoms. The summed E-state index contributed by atoms with van der Waals surface area (Å²) < 4.78 is 5.72. The number of nitrogens with one attached hydrogen (secondary N) is 1. The first kappa shape index (κ1) is 13.7. The van der Waals surface area contributed by atoms with E-state index in [1.54, 1.807) is 11.3 Å². The molecule has 1 N–H and O–H groups in total. The number of piperidine rings is 1. The van der Waals surface area contributed by atoms with Crippen LogP contribution in [0.4, 0.5) is 0 Å². The van der Waals surface area contributed by atoms with Crippen molar-refractivity contribution in [3.8, 4) is 10.8 Å². The molecule has 3 rings (SSSR count). The van der Waals surface area contributed by atoms with Gasteiger partial charge in [0.05, 0.1) is 11.4 Å². The van der Waals surface area contributed by atoms with Crippen LogP contribution < -0.4 is 5.32 Å². The van der Waals surface area contributed by atoms with E-state index in [1.807, 2.05) is 17.5 Å². The first-order valence-electron chi connectivity index (χ1n) is 7.07. The molecule has 0 amide bonds. The normalized spacial score (nSPS) is 16.9. The molecule has 1 aliphatic heterocycles. The fourth-order valence-electron chi connectivity index (χ4n) is 2.62. The topological polar surface area (TPSA) is 54.2 Å². The molecular formula is C14H20N4OS. The number of aromatic nitrogens is 2. The Morgan fingerprint density at radius 2 is 2.25 bits per heavy atom. The lowest BCUT2D eigenvalue weighted by atomic mass is 9.98. The van der Waals surface area contributed by atoms with E-state index < -0.39 is 0 Å². The number of hydrogen-bond donors (Lipinski definition) is 1. The Hall–Kier alpha value is -1.24. The van der Waals surface area contributed by atoms with E-state index in [2.05, 4.69) is 27.5 Å². The van der Waals surface area contributed by atoms with Crippen LogP contribution in [0.3, 0.4) is 0 Å². The maximum atomic E-state index is 5.72. The van der Waals surface area contributed by atoms with Crippen molar-refractivity contribution in [2.24, 2.45) is 5.92 Å². The van der Waals surface area contributed by atoms with Crippen molar-refractivity contribution in [1.82, 2.24) is 20.4 Å². The van der Waals surface area contributed by atoms with Gasteiger partial charge in [-0.3, -0.25) is 4.90 Å². The van der Waals surface area contributed by atoms with Crippen LogP contribution in [-0.4, -0.2) is 41.8 Å². The fraction of sp³-hybridized carbons (Fsp3) is 0.571. The predicted molar refractivity (Wildman–Crippen MR) is 79.5 cm³/mol. The van der Waals surface area contributed by atoms with Gasteiger partial charge in [0.2, 0.25) is 5.89 Å². The zero-order chi connectivity index (χ0) is 13.8. The Balaban J connectivity index is 1.54. The molecule has 0 saturated carbocycles. The average molecular weight is 292 g/mol. The van der Waals surface area contributed by atoms with Gasteiger partial charge in [0.15, 0.2) is 0 Å². The smallest absolute Gasteiger partial charge is 0.257 e. The second-order valence-electron chi connectivity index (χ2n) is 5.37. The highest BCUT2D eigenvalue weighted by Crippen LogP contribution is 2.23. The van der Waals surface area contributed by atoms with Crippen LogP contribution in [0, 0.1) is 5.92 Å². The quantitative estimate of drug-likeness (QED) is 0.916. The van der Waals surface area contributed by atoms with Crippen molar-refractivity contribution in [2.75, 3.05) is 26.7 Å². The lowest BCUT2D eigenvalue weighted by molar-refractivity contribution is 0.219. The summed E-state index contributed by atoms with van der Waals surface area (Å²) in [5.74, 6) is 2.11. The monoisotopic (exact) mass is 292 g/mol. The minimum absolute atomic E-state index is 0.630. The molecule has 1 aliphatic rings. The van der Waals surface area contributed by atoms with E-state index in [0.29, 0.717) is 11.8 Å². The number of thiophene rings is 1. The molecule has 1 saturated heterocycles. The summed E-state index contributed by atoms with van der Waals surface area (Å²) in [6, 6.07) is 3.99. The van der Waals surface area contributed by atoms with Gasteiger partial charge in [-0.25, -0.2) is 0 Å². The van der Waals surface area contributed by atoms with Gasteiger partial charge in [-0.1, -0.05) is 6.07 Å². The minimum Gasteiger partial charge on any atom is -0.419 e. The third-order valence-corrected chi connectivity index (χ3v) is 4.49. The van der Waals surface area contributed by atoms with Crippen LogP contribution in [0.2, 0.25) is 0 Å². The highest BCUT2D eigenvalue weighted by molar-refractivity contribution is 7.13. The van der Waals surface area contributed by atoms with Gasteiger partial charge in [-0.2, -0.15) is 0 Å². The van der Waals surface area contributed by atoms with E-state index in [-0.39, 0.29) is 0 Å². The lowest BCUT2D eigenvalue weighted by Crippen LogP contribution is -2.34. The van der Waals surface area contributed by atoms with Crippen molar-refractivity contribution >= 4 is 11.3 Å². The number of hydrogen-bond acceptors (Lipinski definition) is 6. The average Bonchev–Trinajstić information content (AvgIpc) is 3.10. The standard InChI is InChI=1S/C14H20N4OS/c1-18(9-11-4-6-15-7-5-11)10-13-16-17-14(19-13)12-3-2-8-20-12/h2-3,8,11,15H,4-7,9-10H2,1H3. The summed E-state index contributed by atoms with van der Waals surface area (Å²) in [6.07, 6.45) is 2.52. The van der Waals surface area contributed by atoms with Crippen LogP contribution in [0.1, 0.15) is 18.7 Å². The van der Waals surface area contributed by atoms with Gasteiger partial charge in [0.1, 0.15) is 0 Å². The minimum atomic E-state index is 0.630. The second-order valence-corrected chi connectivity index (χ2v) is 6.32. The number of rotatable bonds is 5. The Morgan fingerprint density at radius 3 is 3.00 bits per heavy atom. The van der Waals surface area contributed by atoms with Crippen molar-refractivity contribution in [3.05, 3.63) is 23.4 Å². The Kier molecular flexibility index (Phi) is 4.44. The lowest BCUT2D eigenvalue weighted by Gasteiger charge is -2.26. The van der Waals surface area contributed by atoms with Gasteiger partial charge in [-0.05, 0) is 50.3 Å². The Labute approximate surface area is 123 Å².